The molecule has 2 N–H and O–H groups in total. The highest BCUT2D eigenvalue weighted by atomic mass is 15.1. The molecule has 19 heavy (non-hydrogen) atoms. The van der Waals surface area contributed by atoms with Gasteiger partial charge in [0, 0.05) is 25.5 Å². The maximum absolute atomic E-state index is 5.78. The third kappa shape index (κ3) is 3.33. The molecule has 4 nitrogen and oxygen atoms in total. The van der Waals surface area contributed by atoms with E-state index in [1.54, 1.807) is 0 Å². The normalized spacial score (nSPS) is 12.5. The van der Waals surface area contributed by atoms with Gasteiger partial charge >= 0.3 is 0 Å². The van der Waals surface area contributed by atoms with Crippen molar-refractivity contribution < 1.29 is 0 Å². The van der Waals surface area contributed by atoms with Gasteiger partial charge in [-0.05, 0) is 37.6 Å². The molecule has 104 valence electrons. The highest BCUT2D eigenvalue weighted by molar-refractivity contribution is 5.47. The summed E-state index contributed by atoms with van der Waals surface area (Å²) in [5.41, 5.74) is 9.28. The van der Waals surface area contributed by atoms with Crippen LogP contribution in [0.3, 0.4) is 0 Å². The third-order valence-electron chi connectivity index (χ3n) is 3.41. The molecule has 0 atom stereocenters. The van der Waals surface area contributed by atoms with Crippen molar-refractivity contribution in [3.63, 3.8) is 0 Å². The lowest BCUT2D eigenvalue weighted by Crippen LogP contribution is -2.36. The van der Waals surface area contributed by atoms with Crippen molar-refractivity contribution >= 4 is 5.65 Å². The predicted octanol–water partition coefficient (Wildman–Crippen LogP) is 2.06. The van der Waals surface area contributed by atoms with E-state index in [-0.39, 0.29) is 5.41 Å². The van der Waals surface area contributed by atoms with E-state index in [0.29, 0.717) is 6.54 Å². The lowest BCUT2D eigenvalue weighted by molar-refractivity contribution is 0.208. The molecular weight excluding hydrogens is 236 g/mol. The Hall–Kier alpha value is -1.39. The Labute approximate surface area is 115 Å². The minimum Gasteiger partial charge on any atom is -0.330 e. The van der Waals surface area contributed by atoms with Gasteiger partial charge in [-0.15, -0.1) is 0 Å². The molecule has 0 saturated carbocycles. The number of aromatic nitrogens is 2. The van der Waals surface area contributed by atoms with Gasteiger partial charge in [0.1, 0.15) is 5.65 Å². The molecule has 4 heteroatoms. The van der Waals surface area contributed by atoms with Crippen LogP contribution in [0.4, 0.5) is 0 Å². The van der Waals surface area contributed by atoms with Crippen molar-refractivity contribution in [2.75, 3.05) is 20.1 Å². The summed E-state index contributed by atoms with van der Waals surface area (Å²) in [4.78, 5) is 6.98. The van der Waals surface area contributed by atoms with Crippen molar-refractivity contribution in [3.05, 3.63) is 35.8 Å². The number of nitrogens with two attached hydrogens (primary N) is 1. The smallest absolute Gasteiger partial charge is 0.139 e. The van der Waals surface area contributed by atoms with Crippen LogP contribution in [0.5, 0.6) is 0 Å². The Kier molecular flexibility index (Phi) is 3.92. The van der Waals surface area contributed by atoms with E-state index in [9.17, 15) is 0 Å². The fraction of sp³-hybridized carbons (Fsp3) is 0.533. The molecule has 0 amide bonds. The largest absolute Gasteiger partial charge is 0.330 e. The summed E-state index contributed by atoms with van der Waals surface area (Å²) >= 11 is 0. The first-order valence-electron chi connectivity index (χ1n) is 6.73. The fourth-order valence-corrected chi connectivity index (χ4v) is 2.41. The number of aryl methyl sites for hydroxylation is 1. The Morgan fingerprint density at radius 3 is 2.79 bits per heavy atom. The second kappa shape index (κ2) is 5.31. The molecule has 0 aliphatic heterocycles. The molecule has 0 unspecified atom stereocenters. The van der Waals surface area contributed by atoms with Gasteiger partial charge in [0.05, 0.1) is 5.69 Å². The van der Waals surface area contributed by atoms with Crippen LogP contribution in [0.1, 0.15) is 25.1 Å². The molecule has 2 rings (SSSR count). The highest BCUT2D eigenvalue weighted by Crippen LogP contribution is 2.16. The number of hydrogen-bond donors (Lipinski definition) is 1. The fourth-order valence-electron chi connectivity index (χ4n) is 2.41. The highest BCUT2D eigenvalue weighted by Gasteiger charge is 2.18. The quantitative estimate of drug-likeness (QED) is 0.895. The minimum atomic E-state index is 0.143. The monoisotopic (exact) mass is 260 g/mol. The maximum Gasteiger partial charge on any atom is 0.139 e. The van der Waals surface area contributed by atoms with Crippen molar-refractivity contribution in [2.45, 2.75) is 27.3 Å². The van der Waals surface area contributed by atoms with Crippen LogP contribution < -0.4 is 5.73 Å². The molecular formula is C15H24N4. The van der Waals surface area contributed by atoms with Crippen molar-refractivity contribution in [3.8, 4) is 0 Å². The first-order chi connectivity index (χ1) is 8.91. The summed E-state index contributed by atoms with van der Waals surface area (Å²) < 4.78 is 2.09. The van der Waals surface area contributed by atoms with Crippen molar-refractivity contribution in [1.82, 2.24) is 14.3 Å². The summed E-state index contributed by atoms with van der Waals surface area (Å²) in [5.74, 6) is 0. The Morgan fingerprint density at radius 2 is 2.16 bits per heavy atom. The van der Waals surface area contributed by atoms with Crippen molar-refractivity contribution in [2.24, 2.45) is 11.1 Å². The second-order valence-corrected chi connectivity index (χ2v) is 6.19. The van der Waals surface area contributed by atoms with Gasteiger partial charge in [-0.1, -0.05) is 19.9 Å². The third-order valence-corrected chi connectivity index (χ3v) is 3.41. The standard InChI is InChI=1S/C15H24N4/c1-12-6-5-7-19-9-13(17-14(12)19)8-18(4)11-15(2,3)10-16/h5-7,9H,8,10-11,16H2,1-4H3. The van der Waals surface area contributed by atoms with Gasteiger partial charge in [-0.2, -0.15) is 0 Å². The van der Waals surface area contributed by atoms with Gasteiger partial charge in [-0.25, -0.2) is 4.98 Å². The predicted molar refractivity (Wildman–Crippen MR) is 79.1 cm³/mol. The molecule has 0 bridgehead atoms. The van der Waals surface area contributed by atoms with E-state index in [4.69, 9.17) is 10.7 Å². The average Bonchev–Trinajstić information content (AvgIpc) is 2.72. The van der Waals surface area contributed by atoms with Gasteiger partial charge in [0.2, 0.25) is 0 Å². The zero-order chi connectivity index (χ0) is 14.0. The number of pyridine rings is 1. The molecule has 0 saturated heterocycles. The molecule has 0 aromatic carbocycles. The van der Waals surface area contributed by atoms with Crippen molar-refractivity contribution in [1.29, 1.82) is 0 Å². The lowest BCUT2D eigenvalue weighted by Gasteiger charge is -2.28. The lowest BCUT2D eigenvalue weighted by atomic mass is 9.93. The first kappa shape index (κ1) is 14.0. The van der Waals surface area contributed by atoms with E-state index in [1.807, 2.05) is 6.20 Å². The molecule has 2 heterocycles. The molecule has 2 aromatic rings. The Balaban J connectivity index is 2.11. The van der Waals surface area contributed by atoms with Gasteiger partial charge in [0.25, 0.3) is 0 Å². The Bertz CT molecular complexity index is 556. The second-order valence-electron chi connectivity index (χ2n) is 6.19. The van der Waals surface area contributed by atoms with E-state index >= 15 is 0 Å². The van der Waals surface area contributed by atoms with E-state index < -0.39 is 0 Å². The average molecular weight is 260 g/mol. The molecule has 0 radical (unpaired) electrons. The van der Waals surface area contributed by atoms with Crippen LogP contribution in [0.15, 0.2) is 24.5 Å². The van der Waals surface area contributed by atoms with Gasteiger partial charge in [-0.3, -0.25) is 4.90 Å². The number of rotatable bonds is 5. The molecule has 2 aromatic heterocycles. The first-order valence-corrected chi connectivity index (χ1v) is 6.73. The minimum absolute atomic E-state index is 0.143. The zero-order valence-electron chi connectivity index (χ0n) is 12.3. The SMILES string of the molecule is Cc1cccn2cc(CN(C)CC(C)(C)CN)nc12. The number of fused-ring (bicyclic) bond motifs is 1. The van der Waals surface area contributed by atoms with Crippen LogP contribution in [0.25, 0.3) is 5.65 Å². The molecule has 0 aliphatic carbocycles. The van der Waals surface area contributed by atoms with Crippen LogP contribution in [0.2, 0.25) is 0 Å². The van der Waals surface area contributed by atoms with Crippen LogP contribution in [-0.2, 0) is 6.54 Å². The van der Waals surface area contributed by atoms with E-state index in [2.05, 4.69) is 55.4 Å². The Morgan fingerprint density at radius 1 is 1.42 bits per heavy atom. The number of imidazole rings is 1. The number of nitrogens with zero attached hydrogens (tertiary/aromatic N) is 3. The summed E-state index contributed by atoms with van der Waals surface area (Å²) in [6, 6.07) is 4.14. The summed E-state index contributed by atoms with van der Waals surface area (Å²) in [5, 5.41) is 0. The van der Waals surface area contributed by atoms with Crippen LogP contribution in [0, 0.1) is 12.3 Å². The summed E-state index contributed by atoms with van der Waals surface area (Å²) in [6.07, 6.45) is 4.15. The summed E-state index contributed by atoms with van der Waals surface area (Å²) in [6.45, 7) is 8.99. The van der Waals surface area contributed by atoms with Gasteiger partial charge in [0.15, 0.2) is 0 Å². The summed E-state index contributed by atoms with van der Waals surface area (Å²) in [7, 11) is 2.12. The van der Waals surface area contributed by atoms with Gasteiger partial charge < -0.3 is 10.1 Å². The van der Waals surface area contributed by atoms with E-state index in [0.717, 1.165) is 24.4 Å². The number of hydrogen-bond acceptors (Lipinski definition) is 3. The van der Waals surface area contributed by atoms with Crippen LogP contribution >= 0.6 is 0 Å². The zero-order valence-corrected chi connectivity index (χ0v) is 12.3. The topological polar surface area (TPSA) is 46.6 Å². The van der Waals surface area contributed by atoms with Crippen LogP contribution in [-0.4, -0.2) is 34.4 Å². The van der Waals surface area contributed by atoms with E-state index in [1.165, 1.54) is 5.56 Å². The molecule has 0 spiro atoms. The molecule has 0 aliphatic rings. The molecule has 0 fully saturated rings. The maximum atomic E-state index is 5.78.